The van der Waals surface area contributed by atoms with Crippen LogP contribution in [-0.2, 0) is 6.42 Å². The van der Waals surface area contributed by atoms with Gasteiger partial charge in [-0.3, -0.25) is 5.10 Å². The van der Waals surface area contributed by atoms with Crippen molar-refractivity contribution in [1.29, 1.82) is 0 Å². The van der Waals surface area contributed by atoms with Gasteiger partial charge < -0.3 is 4.74 Å². The van der Waals surface area contributed by atoms with Crippen LogP contribution < -0.4 is 4.74 Å². The number of benzene rings is 1. The molecule has 0 radical (unpaired) electrons. The number of hydrogen-bond donors (Lipinski definition) is 1. The van der Waals surface area contributed by atoms with Gasteiger partial charge in [0, 0.05) is 6.42 Å². The highest BCUT2D eigenvalue weighted by Crippen LogP contribution is 2.12. The Hall–Kier alpha value is -1.95. The van der Waals surface area contributed by atoms with E-state index in [0.29, 0.717) is 4.77 Å². The van der Waals surface area contributed by atoms with Crippen LogP contribution in [0.25, 0.3) is 0 Å². The zero-order valence-electron chi connectivity index (χ0n) is 13.8. The van der Waals surface area contributed by atoms with Crippen LogP contribution in [0.2, 0.25) is 0 Å². The molecule has 1 aromatic carbocycles. The number of nitrogens with one attached hydrogen (secondary N) is 1. The molecule has 2 aromatic rings. The SMILES string of the molecule is CCCCCOc1ccc(/C=N\n2c(CCC)n[nH]c2=S)cc1. The van der Waals surface area contributed by atoms with Crippen molar-refractivity contribution in [2.75, 3.05) is 6.61 Å². The van der Waals surface area contributed by atoms with E-state index in [9.17, 15) is 0 Å². The molecule has 0 unspecified atom stereocenters. The average Bonchev–Trinajstić information content (AvgIpc) is 2.91. The fraction of sp³-hybridized carbons (Fsp3) is 0.471. The highest BCUT2D eigenvalue weighted by molar-refractivity contribution is 7.71. The highest BCUT2D eigenvalue weighted by atomic mass is 32.1. The number of hydrogen-bond acceptors (Lipinski definition) is 4. The first kappa shape index (κ1) is 17.4. The van der Waals surface area contributed by atoms with E-state index in [1.807, 2.05) is 24.3 Å². The van der Waals surface area contributed by atoms with Crippen LogP contribution in [0, 0.1) is 4.77 Å². The van der Waals surface area contributed by atoms with Gasteiger partial charge in [-0.2, -0.15) is 14.9 Å². The fourth-order valence-electron chi connectivity index (χ4n) is 2.15. The van der Waals surface area contributed by atoms with E-state index < -0.39 is 0 Å². The molecule has 2 rings (SSSR count). The summed E-state index contributed by atoms with van der Waals surface area (Å²) in [7, 11) is 0. The number of nitrogens with zero attached hydrogens (tertiary/aromatic N) is 3. The summed E-state index contributed by atoms with van der Waals surface area (Å²) in [5.41, 5.74) is 0.997. The second kappa shape index (κ2) is 9.25. The second-order valence-electron chi connectivity index (χ2n) is 5.38. The molecule has 5 nitrogen and oxygen atoms in total. The summed E-state index contributed by atoms with van der Waals surface area (Å²) in [6.45, 7) is 5.06. The summed E-state index contributed by atoms with van der Waals surface area (Å²) < 4.78 is 7.89. The summed E-state index contributed by atoms with van der Waals surface area (Å²) in [4.78, 5) is 0. The van der Waals surface area contributed by atoms with Crippen molar-refractivity contribution in [3.05, 3.63) is 40.4 Å². The molecule has 0 aliphatic carbocycles. The lowest BCUT2D eigenvalue weighted by Gasteiger charge is -2.05. The monoisotopic (exact) mass is 332 g/mol. The number of aromatic nitrogens is 3. The molecule has 0 saturated heterocycles. The maximum absolute atomic E-state index is 5.70. The summed E-state index contributed by atoms with van der Waals surface area (Å²) in [6, 6.07) is 7.91. The molecule has 0 amide bonds. The van der Waals surface area contributed by atoms with Gasteiger partial charge in [0.25, 0.3) is 0 Å². The van der Waals surface area contributed by atoms with E-state index in [-0.39, 0.29) is 0 Å². The zero-order valence-corrected chi connectivity index (χ0v) is 14.6. The molecule has 1 N–H and O–H groups in total. The largest absolute Gasteiger partial charge is 0.494 e. The molecule has 23 heavy (non-hydrogen) atoms. The van der Waals surface area contributed by atoms with Crippen molar-refractivity contribution in [3.8, 4) is 5.75 Å². The van der Waals surface area contributed by atoms with Gasteiger partial charge in [-0.25, -0.2) is 0 Å². The van der Waals surface area contributed by atoms with Crippen LogP contribution in [0.5, 0.6) is 5.75 Å². The van der Waals surface area contributed by atoms with Crippen molar-refractivity contribution in [3.63, 3.8) is 0 Å². The summed E-state index contributed by atoms with van der Waals surface area (Å²) in [5.74, 6) is 1.74. The van der Waals surface area contributed by atoms with Crippen molar-refractivity contribution in [2.45, 2.75) is 46.0 Å². The van der Waals surface area contributed by atoms with Crippen LogP contribution >= 0.6 is 12.2 Å². The van der Waals surface area contributed by atoms with E-state index in [2.05, 4.69) is 29.1 Å². The third-order valence-corrected chi connectivity index (χ3v) is 3.67. The fourth-order valence-corrected chi connectivity index (χ4v) is 2.34. The summed E-state index contributed by atoms with van der Waals surface area (Å²) >= 11 is 5.20. The average molecular weight is 332 g/mol. The molecule has 1 heterocycles. The van der Waals surface area contributed by atoms with Crippen LogP contribution in [0.1, 0.15) is 50.9 Å². The van der Waals surface area contributed by atoms with E-state index in [1.165, 1.54) is 12.8 Å². The van der Waals surface area contributed by atoms with Crippen LogP contribution in [0.15, 0.2) is 29.4 Å². The molecular formula is C17H24N4OS. The first-order valence-corrected chi connectivity index (χ1v) is 8.59. The lowest BCUT2D eigenvalue weighted by atomic mass is 10.2. The van der Waals surface area contributed by atoms with Gasteiger partial charge in [-0.15, -0.1) is 0 Å². The first-order valence-electron chi connectivity index (χ1n) is 8.18. The summed E-state index contributed by atoms with van der Waals surface area (Å²) in [6.07, 6.45) is 7.13. The first-order chi connectivity index (χ1) is 11.2. The standard InChI is InChI=1S/C17H24N4OS/c1-3-5-6-12-22-15-10-8-14(9-11-15)13-18-21-16(7-4-2)19-20-17(21)23/h8-11,13H,3-7,12H2,1-2H3,(H,20,23)/b18-13-. The molecule has 0 saturated carbocycles. The Kier molecular flexibility index (Phi) is 7.00. The maximum Gasteiger partial charge on any atom is 0.216 e. The van der Waals surface area contributed by atoms with Gasteiger partial charge in [0.1, 0.15) is 5.75 Å². The van der Waals surface area contributed by atoms with Crippen molar-refractivity contribution >= 4 is 18.4 Å². The molecule has 0 fully saturated rings. The van der Waals surface area contributed by atoms with Gasteiger partial charge in [0.2, 0.25) is 4.77 Å². The molecular weight excluding hydrogens is 308 g/mol. The molecule has 0 spiro atoms. The predicted octanol–water partition coefficient (Wildman–Crippen LogP) is 4.34. The third kappa shape index (κ3) is 5.32. The topological polar surface area (TPSA) is 55.2 Å². The van der Waals surface area contributed by atoms with E-state index in [1.54, 1.807) is 10.9 Å². The number of rotatable bonds is 9. The molecule has 124 valence electrons. The van der Waals surface area contributed by atoms with E-state index in [4.69, 9.17) is 17.0 Å². The minimum Gasteiger partial charge on any atom is -0.494 e. The zero-order chi connectivity index (χ0) is 16.5. The molecule has 0 aliphatic rings. The Labute approximate surface area is 142 Å². The molecule has 0 atom stereocenters. The summed E-state index contributed by atoms with van der Waals surface area (Å²) in [5, 5.41) is 11.4. The normalized spacial score (nSPS) is 11.2. The lowest BCUT2D eigenvalue weighted by molar-refractivity contribution is 0.306. The Morgan fingerprint density at radius 3 is 2.70 bits per heavy atom. The van der Waals surface area contributed by atoms with Gasteiger partial charge in [-0.1, -0.05) is 26.7 Å². The third-order valence-electron chi connectivity index (χ3n) is 3.41. The number of unbranched alkanes of at least 4 members (excludes halogenated alkanes) is 2. The quantitative estimate of drug-likeness (QED) is 0.422. The van der Waals surface area contributed by atoms with E-state index in [0.717, 1.165) is 43.0 Å². The Morgan fingerprint density at radius 1 is 1.22 bits per heavy atom. The molecule has 0 aliphatic heterocycles. The number of aromatic amines is 1. The van der Waals surface area contributed by atoms with Crippen molar-refractivity contribution in [2.24, 2.45) is 5.10 Å². The Balaban J connectivity index is 1.98. The van der Waals surface area contributed by atoms with Crippen LogP contribution in [0.3, 0.4) is 0 Å². The number of H-pyrrole nitrogens is 1. The smallest absolute Gasteiger partial charge is 0.216 e. The van der Waals surface area contributed by atoms with Crippen molar-refractivity contribution in [1.82, 2.24) is 14.9 Å². The van der Waals surface area contributed by atoms with Gasteiger partial charge in [0.15, 0.2) is 5.82 Å². The van der Waals surface area contributed by atoms with Crippen molar-refractivity contribution < 1.29 is 4.74 Å². The van der Waals surface area contributed by atoms with Gasteiger partial charge >= 0.3 is 0 Å². The molecule has 0 bridgehead atoms. The lowest BCUT2D eigenvalue weighted by Crippen LogP contribution is -1.99. The number of ether oxygens (including phenoxy) is 1. The Morgan fingerprint density at radius 2 is 2.00 bits per heavy atom. The minimum atomic E-state index is 0.514. The second-order valence-corrected chi connectivity index (χ2v) is 5.76. The Bertz CT molecular complexity index is 673. The maximum atomic E-state index is 5.70. The number of aryl methyl sites for hydroxylation is 1. The van der Waals surface area contributed by atoms with Crippen LogP contribution in [0.4, 0.5) is 0 Å². The minimum absolute atomic E-state index is 0.514. The predicted molar refractivity (Wildman–Crippen MR) is 95.9 cm³/mol. The van der Waals surface area contributed by atoms with E-state index >= 15 is 0 Å². The molecule has 6 heteroatoms. The van der Waals surface area contributed by atoms with Gasteiger partial charge in [-0.05, 0) is 54.9 Å². The molecule has 1 aromatic heterocycles. The van der Waals surface area contributed by atoms with Crippen LogP contribution in [-0.4, -0.2) is 27.7 Å². The highest BCUT2D eigenvalue weighted by Gasteiger charge is 2.03. The van der Waals surface area contributed by atoms with Gasteiger partial charge in [0.05, 0.1) is 12.8 Å².